The molecule has 0 bridgehead atoms. The molecule has 6 nitrogen and oxygen atoms in total. The minimum absolute atomic E-state index is 0.153. The molecule has 30 heavy (non-hydrogen) atoms. The van der Waals surface area contributed by atoms with Gasteiger partial charge < -0.3 is 4.90 Å². The maximum Gasteiger partial charge on any atom is 0.291 e. The summed E-state index contributed by atoms with van der Waals surface area (Å²) in [6, 6.07) is 13.3. The van der Waals surface area contributed by atoms with E-state index in [4.69, 9.17) is 0 Å². The largest absolute Gasteiger partial charge is 0.308 e. The van der Waals surface area contributed by atoms with Crippen LogP contribution in [0.5, 0.6) is 0 Å². The molecule has 150 valence electrons. The predicted molar refractivity (Wildman–Crippen MR) is 125 cm³/mol. The molecule has 0 spiro atoms. The zero-order chi connectivity index (χ0) is 21.0. The standard InChI is InChI=1S/C21H14Br2N4O2S/c1-2-9-26-15-8-7-13(23)10-14(15)16(19(26)28)17-20(29)27-21(30-17)24-18(25-27)11-3-5-12(22)6-4-11/h3-8,10H,2,9H2,1H3. The van der Waals surface area contributed by atoms with Gasteiger partial charge in [-0.1, -0.05) is 62.3 Å². The van der Waals surface area contributed by atoms with Crippen molar-refractivity contribution < 1.29 is 4.79 Å². The molecule has 0 atom stereocenters. The van der Waals surface area contributed by atoms with Gasteiger partial charge in [0.2, 0.25) is 4.96 Å². The van der Waals surface area contributed by atoms with Crippen molar-refractivity contribution >= 4 is 65.3 Å². The molecule has 1 aliphatic rings. The number of aromatic nitrogens is 3. The summed E-state index contributed by atoms with van der Waals surface area (Å²) in [5.41, 5.74) is 2.51. The molecule has 5 rings (SSSR count). The van der Waals surface area contributed by atoms with E-state index in [1.54, 1.807) is 4.90 Å². The molecule has 0 saturated heterocycles. The topological polar surface area (TPSA) is 67.6 Å². The quantitative estimate of drug-likeness (QED) is 0.390. The second-order valence-electron chi connectivity index (χ2n) is 6.87. The van der Waals surface area contributed by atoms with Crippen molar-refractivity contribution in [3.63, 3.8) is 0 Å². The van der Waals surface area contributed by atoms with Crippen LogP contribution in [0.1, 0.15) is 18.9 Å². The number of hydrogen-bond donors (Lipinski definition) is 0. The highest BCUT2D eigenvalue weighted by Gasteiger charge is 2.34. The van der Waals surface area contributed by atoms with Crippen LogP contribution in [0.2, 0.25) is 0 Å². The lowest BCUT2D eigenvalue weighted by molar-refractivity contribution is -0.113. The van der Waals surface area contributed by atoms with Crippen molar-refractivity contribution in [2.45, 2.75) is 13.3 Å². The van der Waals surface area contributed by atoms with Gasteiger partial charge in [-0.25, -0.2) is 0 Å². The van der Waals surface area contributed by atoms with E-state index >= 15 is 0 Å². The first kappa shape index (κ1) is 19.6. The first-order valence-corrected chi connectivity index (χ1v) is 11.7. The molecule has 1 amide bonds. The Balaban J connectivity index is 1.72. The molecule has 0 N–H and O–H groups in total. The molecular formula is C21H14Br2N4O2S. The molecule has 0 radical (unpaired) electrons. The van der Waals surface area contributed by atoms with Crippen molar-refractivity contribution in [1.82, 2.24) is 14.6 Å². The van der Waals surface area contributed by atoms with Crippen LogP contribution < -0.4 is 15.0 Å². The Morgan fingerprint density at radius 2 is 1.77 bits per heavy atom. The number of halogens is 2. The van der Waals surface area contributed by atoms with Gasteiger partial charge in [-0.05, 0) is 36.8 Å². The molecule has 1 aliphatic heterocycles. The van der Waals surface area contributed by atoms with Gasteiger partial charge in [-0.2, -0.15) is 9.50 Å². The molecule has 9 heteroatoms. The summed E-state index contributed by atoms with van der Waals surface area (Å²) in [6.45, 7) is 2.62. The molecule has 0 unspecified atom stereocenters. The Bertz CT molecular complexity index is 1430. The summed E-state index contributed by atoms with van der Waals surface area (Å²) < 4.78 is 3.47. The Morgan fingerprint density at radius 1 is 1.03 bits per heavy atom. The summed E-state index contributed by atoms with van der Waals surface area (Å²) in [6.07, 6.45) is 0.824. The van der Waals surface area contributed by atoms with Crippen molar-refractivity contribution in [2.24, 2.45) is 0 Å². The highest BCUT2D eigenvalue weighted by Crippen LogP contribution is 2.37. The Morgan fingerprint density at radius 3 is 2.47 bits per heavy atom. The number of thiazole rings is 1. The summed E-state index contributed by atoms with van der Waals surface area (Å²) in [5.74, 6) is 0.329. The summed E-state index contributed by atoms with van der Waals surface area (Å²) in [5, 5.41) is 4.40. The SMILES string of the molecule is CCCN1C(=O)C(=c2sc3nc(-c4ccc(Br)cc4)nn3c2=O)c2cc(Br)ccc21. The third-order valence-electron chi connectivity index (χ3n) is 4.91. The average Bonchev–Trinajstić information content (AvgIpc) is 3.35. The maximum atomic E-state index is 13.2. The number of carbonyl (C=O) groups excluding carboxylic acids is 1. The average molecular weight is 546 g/mol. The second-order valence-corrected chi connectivity index (χ2v) is 9.68. The third-order valence-corrected chi connectivity index (χ3v) is 6.96. The highest BCUT2D eigenvalue weighted by atomic mass is 79.9. The third kappa shape index (κ3) is 3.03. The monoisotopic (exact) mass is 544 g/mol. The zero-order valence-corrected chi connectivity index (χ0v) is 19.7. The highest BCUT2D eigenvalue weighted by molar-refractivity contribution is 9.10. The van der Waals surface area contributed by atoms with E-state index in [1.807, 2.05) is 49.4 Å². The van der Waals surface area contributed by atoms with E-state index in [-0.39, 0.29) is 11.5 Å². The van der Waals surface area contributed by atoms with Crippen LogP contribution in [0.25, 0.3) is 21.9 Å². The maximum absolute atomic E-state index is 13.2. The van der Waals surface area contributed by atoms with Gasteiger partial charge in [0.1, 0.15) is 4.53 Å². The Labute approximate surface area is 192 Å². The van der Waals surface area contributed by atoms with Gasteiger partial charge in [-0.15, -0.1) is 5.10 Å². The number of fused-ring (bicyclic) bond motifs is 2. The first-order chi connectivity index (χ1) is 14.5. The first-order valence-electron chi connectivity index (χ1n) is 9.29. The normalized spacial score (nSPS) is 15.3. The second kappa shape index (κ2) is 7.40. The molecule has 2 aromatic carbocycles. The number of rotatable bonds is 3. The number of nitrogens with zero attached hydrogens (tertiary/aromatic N) is 4. The number of benzene rings is 2. The molecule has 0 saturated carbocycles. The Kier molecular flexibility index (Phi) is 4.83. The smallest absolute Gasteiger partial charge is 0.291 e. The lowest BCUT2D eigenvalue weighted by Gasteiger charge is -2.15. The fourth-order valence-corrected chi connectivity index (χ4v) is 5.20. The summed E-state index contributed by atoms with van der Waals surface area (Å²) in [7, 11) is 0. The van der Waals surface area contributed by atoms with Crippen LogP contribution in [0.3, 0.4) is 0 Å². The lowest BCUT2D eigenvalue weighted by atomic mass is 10.1. The van der Waals surface area contributed by atoms with E-state index in [0.29, 0.717) is 27.4 Å². The molecular weight excluding hydrogens is 532 g/mol. The van der Waals surface area contributed by atoms with Crippen molar-refractivity contribution in [3.8, 4) is 11.4 Å². The van der Waals surface area contributed by atoms with Crippen molar-refractivity contribution in [1.29, 1.82) is 0 Å². The molecule has 0 aliphatic carbocycles. The van der Waals surface area contributed by atoms with E-state index < -0.39 is 0 Å². The minimum Gasteiger partial charge on any atom is -0.308 e. The summed E-state index contributed by atoms with van der Waals surface area (Å²) >= 11 is 8.09. The minimum atomic E-state index is -0.321. The fourth-order valence-electron chi connectivity index (χ4n) is 3.57. The van der Waals surface area contributed by atoms with Gasteiger partial charge in [0.15, 0.2) is 5.82 Å². The Hall–Kier alpha value is -2.36. The van der Waals surface area contributed by atoms with E-state index in [9.17, 15) is 9.59 Å². The number of carbonyl (C=O) groups is 1. The molecule has 2 aromatic heterocycles. The van der Waals surface area contributed by atoms with Gasteiger partial charge in [0, 0.05) is 26.6 Å². The number of hydrogen-bond acceptors (Lipinski definition) is 5. The summed E-state index contributed by atoms with van der Waals surface area (Å²) in [4.78, 5) is 33.1. The predicted octanol–water partition coefficient (Wildman–Crippen LogP) is 4.02. The zero-order valence-electron chi connectivity index (χ0n) is 15.7. The van der Waals surface area contributed by atoms with Crippen LogP contribution in [0, 0.1) is 0 Å². The van der Waals surface area contributed by atoms with Crippen LogP contribution in [0.15, 0.2) is 56.2 Å². The number of anilines is 1. The van der Waals surface area contributed by atoms with Crippen LogP contribution in [-0.2, 0) is 4.79 Å². The van der Waals surface area contributed by atoms with Crippen LogP contribution in [-0.4, -0.2) is 27.0 Å². The van der Waals surface area contributed by atoms with Crippen molar-refractivity contribution in [2.75, 3.05) is 11.4 Å². The molecule has 3 heterocycles. The van der Waals surface area contributed by atoms with E-state index in [2.05, 4.69) is 41.9 Å². The van der Waals surface area contributed by atoms with Gasteiger partial charge >= 0.3 is 0 Å². The van der Waals surface area contributed by atoms with Crippen LogP contribution >= 0.6 is 43.2 Å². The molecule has 4 aromatic rings. The lowest BCUT2D eigenvalue weighted by Crippen LogP contribution is -2.32. The van der Waals surface area contributed by atoms with E-state index in [1.165, 1.54) is 15.9 Å². The molecule has 0 fully saturated rings. The fraction of sp³-hybridized carbons (Fsp3) is 0.143. The van der Waals surface area contributed by atoms with Crippen molar-refractivity contribution in [3.05, 3.63) is 71.9 Å². The van der Waals surface area contributed by atoms with Gasteiger partial charge in [0.05, 0.1) is 11.3 Å². The van der Waals surface area contributed by atoms with Gasteiger partial charge in [-0.3, -0.25) is 9.59 Å². The number of amides is 1. The van der Waals surface area contributed by atoms with Gasteiger partial charge in [0.25, 0.3) is 11.5 Å². The van der Waals surface area contributed by atoms with E-state index in [0.717, 1.165) is 32.2 Å². The van der Waals surface area contributed by atoms with Crippen LogP contribution in [0.4, 0.5) is 5.69 Å².